The zero-order valence-corrected chi connectivity index (χ0v) is 22.0. The largest absolute Gasteiger partial charge is 0.382 e. The SMILES string of the molecule is CCCCCCCCCCCCCc1cc(=O)[nH]c(NC(=O)NCCCOCCOCCOC)n1. The Kier molecular flexibility index (Phi) is 20.0. The van der Waals surface area contributed by atoms with E-state index < -0.39 is 6.03 Å². The van der Waals surface area contributed by atoms with Crippen molar-refractivity contribution in [2.75, 3.05) is 52.0 Å². The van der Waals surface area contributed by atoms with E-state index >= 15 is 0 Å². The van der Waals surface area contributed by atoms with Crippen molar-refractivity contribution in [2.24, 2.45) is 0 Å². The molecule has 35 heavy (non-hydrogen) atoms. The van der Waals surface area contributed by atoms with Crippen LogP contribution in [0.5, 0.6) is 0 Å². The van der Waals surface area contributed by atoms with Gasteiger partial charge in [-0.3, -0.25) is 15.1 Å². The number of hydrogen-bond donors (Lipinski definition) is 3. The zero-order chi connectivity index (χ0) is 25.4. The molecule has 0 radical (unpaired) electrons. The smallest absolute Gasteiger partial charge is 0.321 e. The number of aromatic amines is 1. The van der Waals surface area contributed by atoms with E-state index in [-0.39, 0.29) is 11.5 Å². The van der Waals surface area contributed by atoms with Gasteiger partial charge < -0.3 is 19.5 Å². The van der Waals surface area contributed by atoms with Gasteiger partial charge >= 0.3 is 6.03 Å². The molecule has 0 aliphatic carbocycles. The highest BCUT2D eigenvalue weighted by molar-refractivity contribution is 5.87. The van der Waals surface area contributed by atoms with E-state index in [0.717, 1.165) is 19.3 Å². The lowest BCUT2D eigenvalue weighted by molar-refractivity contribution is 0.0245. The third kappa shape index (κ3) is 19.0. The molecule has 202 valence electrons. The van der Waals surface area contributed by atoms with E-state index in [1.807, 2.05) is 0 Å². The summed E-state index contributed by atoms with van der Waals surface area (Å²) in [4.78, 5) is 31.0. The van der Waals surface area contributed by atoms with Crippen LogP contribution in [0.15, 0.2) is 10.9 Å². The number of H-pyrrole nitrogens is 1. The van der Waals surface area contributed by atoms with Gasteiger partial charge in [0.1, 0.15) is 0 Å². The van der Waals surface area contributed by atoms with Crippen LogP contribution in [0.2, 0.25) is 0 Å². The Morgan fingerprint density at radius 3 is 2.11 bits per heavy atom. The first-order valence-corrected chi connectivity index (χ1v) is 13.4. The average molecular weight is 497 g/mol. The zero-order valence-electron chi connectivity index (χ0n) is 22.0. The highest BCUT2D eigenvalue weighted by atomic mass is 16.5. The Labute approximate surface area is 211 Å². The van der Waals surface area contributed by atoms with Crippen molar-refractivity contribution in [3.8, 4) is 0 Å². The Bertz CT molecular complexity index is 699. The summed E-state index contributed by atoms with van der Waals surface area (Å²) in [6, 6.07) is 1.11. The number of urea groups is 1. The maximum atomic E-state index is 12.1. The highest BCUT2D eigenvalue weighted by Gasteiger charge is 2.06. The van der Waals surface area contributed by atoms with Crippen molar-refractivity contribution >= 4 is 12.0 Å². The van der Waals surface area contributed by atoms with Crippen molar-refractivity contribution in [3.63, 3.8) is 0 Å². The number of carbonyl (C=O) groups excluding carboxylic acids is 1. The van der Waals surface area contributed by atoms with Crippen LogP contribution in [-0.4, -0.2) is 62.7 Å². The van der Waals surface area contributed by atoms with Gasteiger partial charge in [0.25, 0.3) is 5.56 Å². The molecule has 0 aromatic carbocycles. The summed E-state index contributed by atoms with van der Waals surface area (Å²) in [7, 11) is 1.63. The fourth-order valence-corrected chi connectivity index (χ4v) is 3.66. The molecule has 0 unspecified atom stereocenters. The van der Waals surface area contributed by atoms with Gasteiger partial charge in [-0.1, -0.05) is 71.1 Å². The number of aromatic nitrogens is 2. The number of nitrogens with one attached hydrogen (secondary N) is 3. The average Bonchev–Trinajstić information content (AvgIpc) is 2.83. The first-order chi connectivity index (χ1) is 17.2. The number of aryl methyl sites for hydroxylation is 1. The fourth-order valence-electron chi connectivity index (χ4n) is 3.66. The standard InChI is InChI=1S/C26H48N4O5/c1-3-4-5-6-7-8-9-10-11-12-13-15-23-22-24(31)29-25(28-23)30-26(32)27-16-14-17-34-20-21-35-19-18-33-2/h22H,3-21H2,1-2H3,(H3,27,28,29,30,31,32). The second-order valence-electron chi connectivity index (χ2n) is 8.82. The number of unbranched alkanes of at least 4 members (excludes halogenated alkanes) is 10. The quantitative estimate of drug-likeness (QED) is 0.187. The third-order valence-electron chi connectivity index (χ3n) is 5.62. The van der Waals surface area contributed by atoms with Gasteiger partial charge in [0.15, 0.2) is 0 Å². The minimum atomic E-state index is -0.400. The maximum Gasteiger partial charge on any atom is 0.321 e. The number of amides is 2. The van der Waals surface area contributed by atoms with Gasteiger partial charge in [0, 0.05) is 32.0 Å². The van der Waals surface area contributed by atoms with Crippen molar-refractivity contribution in [3.05, 3.63) is 22.1 Å². The van der Waals surface area contributed by atoms with Crippen LogP contribution in [0.4, 0.5) is 10.7 Å². The maximum absolute atomic E-state index is 12.1. The van der Waals surface area contributed by atoms with E-state index in [1.54, 1.807) is 7.11 Å². The predicted octanol–water partition coefficient (Wildman–Crippen LogP) is 4.81. The molecule has 1 heterocycles. The number of ether oxygens (including phenoxy) is 3. The summed E-state index contributed by atoms with van der Waals surface area (Å²) in [5, 5.41) is 5.35. The van der Waals surface area contributed by atoms with Crippen molar-refractivity contribution in [2.45, 2.75) is 90.4 Å². The number of anilines is 1. The Hall–Kier alpha value is -1.97. The van der Waals surface area contributed by atoms with Gasteiger partial charge in [0.2, 0.25) is 5.95 Å². The summed E-state index contributed by atoms with van der Waals surface area (Å²) in [5.74, 6) is 0.178. The third-order valence-corrected chi connectivity index (χ3v) is 5.62. The van der Waals surface area contributed by atoms with Crippen LogP contribution in [0.25, 0.3) is 0 Å². The lowest BCUT2D eigenvalue weighted by atomic mass is 10.0. The topological polar surface area (TPSA) is 115 Å². The molecular formula is C26H48N4O5. The van der Waals surface area contributed by atoms with Crippen LogP contribution in [0.3, 0.4) is 0 Å². The monoisotopic (exact) mass is 496 g/mol. The van der Waals surface area contributed by atoms with E-state index in [9.17, 15) is 9.59 Å². The Balaban J connectivity index is 2.10. The lowest BCUT2D eigenvalue weighted by Gasteiger charge is -2.09. The van der Waals surface area contributed by atoms with Crippen LogP contribution in [-0.2, 0) is 20.6 Å². The van der Waals surface area contributed by atoms with Gasteiger partial charge in [-0.2, -0.15) is 0 Å². The molecule has 0 atom stereocenters. The second-order valence-corrected chi connectivity index (χ2v) is 8.82. The predicted molar refractivity (Wildman–Crippen MR) is 140 cm³/mol. The Morgan fingerprint density at radius 2 is 1.46 bits per heavy atom. The van der Waals surface area contributed by atoms with E-state index in [0.29, 0.717) is 51.7 Å². The van der Waals surface area contributed by atoms with Crippen molar-refractivity contribution in [1.82, 2.24) is 15.3 Å². The Morgan fingerprint density at radius 1 is 0.857 bits per heavy atom. The van der Waals surface area contributed by atoms with Crippen molar-refractivity contribution in [1.29, 1.82) is 0 Å². The van der Waals surface area contributed by atoms with Crippen molar-refractivity contribution < 1.29 is 19.0 Å². The molecule has 1 aromatic heterocycles. The van der Waals surface area contributed by atoms with Crippen LogP contribution in [0, 0.1) is 0 Å². The summed E-state index contributed by atoms with van der Waals surface area (Å²) in [5.41, 5.74) is 0.454. The molecule has 9 heteroatoms. The normalized spacial score (nSPS) is 11.0. The second kappa shape index (κ2) is 22.5. The minimum absolute atomic E-state index is 0.178. The molecule has 0 saturated heterocycles. The summed E-state index contributed by atoms with van der Waals surface area (Å²) in [6.45, 7) is 5.38. The summed E-state index contributed by atoms with van der Waals surface area (Å²) < 4.78 is 15.6. The molecule has 0 aliphatic rings. The summed E-state index contributed by atoms with van der Waals surface area (Å²) in [6.07, 6.45) is 15.5. The van der Waals surface area contributed by atoms with Gasteiger partial charge in [-0.05, 0) is 19.3 Å². The molecule has 0 spiro atoms. The fraction of sp³-hybridized carbons (Fsp3) is 0.808. The minimum Gasteiger partial charge on any atom is -0.382 e. The van der Waals surface area contributed by atoms with E-state index in [2.05, 4.69) is 27.5 Å². The lowest BCUT2D eigenvalue weighted by Crippen LogP contribution is -2.31. The molecule has 0 bridgehead atoms. The number of rotatable bonds is 23. The molecule has 1 rings (SSSR count). The molecule has 9 nitrogen and oxygen atoms in total. The summed E-state index contributed by atoms with van der Waals surface area (Å²) >= 11 is 0. The molecule has 0 saturated carbocycles. The van der Waals surface area contributed by atoms with Gasteiger partial charge in [-0.15, -0.1) is 0 Å². The van der Waals surface area contributed by atoms with Crippen LogP contribution < -0.4 is 16.2 Å². The van der Waals surface area contributed by atoms with E-state index in [1.165, 1.54) is 63.9 Å². The molecule has 0 aliphatic heterocycles. The van der Waals surface area contributed by atoms with Gasteiger partial charge in [0.05, 0.1) is 26.4 Å². The number of methoxy groups -OCH3 is 1. The molecule has 1 aromatic rings. The molecule has 3 N–H and O–H groups in total. The highest BCUT2D eigenvalue weighted by Crippen LogP contribution is 2.12. The van der Waals surface area contributed by atoms with Crippen LogP contribution in [0.1, 0.15) is 89.7 Å². The van der Waals surface area contributed by atoms with E-state index in [4.69, 9.17) is 14.2 Å². The number of nitrogens with zero attached hydrogens (tertiary/aromatic N) is 1. The molecule has 2 amide bonds. The number of carbonyl (C=O) groups is 1. The first kappa shape index (κ1) is 31.1. The molecular weight excluding hydrogens is 448 g/mol. The number of hydrogen-bond acceptors (Lipinski definition) is 6. The molecule has 0 fully saturated rings. The van der Waals surface area contributed by atoms with Crippen LogP contribution >= 0.6 is 0 Å². The first-order valence-electron chi connectivity index (χ1n) is 13.4. The van der Waals surface area contributed by atoms with Gasteiger partial charge in [-0.25, -0.2) is 9.78 Å².